The van der Waals surface area contributed by atoms with Crippen molar-refractivity contribution in [2.24, 2.45) is 0 Å². The van der Waals surface area contributed by atoms with E-state index in [1.54, 1.807) is 0 Å². The van der Waals surface area contributed by atoms with Gasteiger partial charge in [0.1, 0.15) is 18.3 Å². The fourth-order valence-electron chi connectivity index (χ4n) is 1.17. The van der Waals surface area contributed by atoms with E-state index in [1.165, 1.54) is 35.5 Å². The Morgan fingerprint density at radius 3 is 2.87 bits per heavy atom. The summed E-state index contributed by atoms with van der Waals surface area (Å²) in [6.45, 7) is 0. The van der Waals surface area contributed by atoms with Crippen LogP contribution in [0.25, 0.3) is 5.69 Å². The van der Waals surface area contributed by atoms with Crippen LogP contribution in [-0.2, 0) is 0 Å². The summed E-state index contributed by atoms with van der Waals surface area (Å²) in [7, 11) is 0. The number of rotatable bonds is 2. The van der Waals surface area contributed by atoms with Gasteiger partial charge in [-0.25, -0.2) is 9.67 Å². The Balaban J connectivity index is 2.63. The zero-order valence-electron chi connectivity index (χ0n) is 7.37. The van der Waals surface area contributed by atoms with E-state index < -0.39 is 4.92 Å². The molecule has 0 spiro atoms. The van der Waals surface area contributed by atoms with Crippen LogP contribution in [0.3, 0.4) is 0 Å². The maximum absolute atomic E-state index is 10.7. The molecule has 0 bridgehead atoms. The Hall–Kier alpha value is -1.95. The highest BCUT2D eigenvalue weighted by Gasteiger charge is 2.15. The van der Waals surface area contributed by atoms with Crippen molar-refractivity contribution >= 4 is 17.3 Å². The first-order chi connectivity index (χ1) is 7.18. The van der Waals surface area contributed by atoms with Crippen LogP contribution in [0, 0.1) is 10.1 Å². The molecule has 0 N–H and O–H groups in total. The molecule has 0 amide bonds. The summed E-state index contributed by atoms with van der Waals surface area (Å²) in [4.78, 5) is 14.0. The quantitative estimate of drug-likeness (QED) is 0.576. The van der Waals surface area contributed by atoms with Crippen molar-refractivity contribution in [2.75, 3.05) is 0 Å². The number of nitro groups is 1. The van der Waals surface area contributed by atoms with E-state index >= 15 is 0 Å². The van der Waals surface area contributed by atoms with Gasteiger partial charge in [-0.2, -0.15) is 5.10 Å². The van der Waals surface area contributed by atoms with Gasteiger partial charge >= 0.3 is 0 Å². The Bertz CT molecular complexity index is 497. The van der Waals surface area contributed by atoms with Gasteiger partial charge in [0.25, 0.3) is 5.69 Å². The molecule has 0 atom stereocenters. The minimum absolute atomic E-state index is 0.0649. The van der Waals surface area contributed by atoms with Crippen LogP contribution in [0.1, 0.15) is 0 Å². The van der Waals surface area contributed by atoms with E-state index in [2.05, 4.69) is 10.1 Å². The predicted octanol–water partition coefficient (Wildman–Crippen LogP) is 1.83. The molecule has 0 saturated heterocycles. The van der Waals surface area contributed by atoms with Crippen LogP contribution >= 0.6 is 11.6 Å². The fraction of sp³-hybridized carbons (Fsp3) is 0. The standard InChI is InChI=1S/C8H5ClN4O2/c9-6-1-2-7(13(14)15)8(3-6)12-5-10-4-11-12/h1-5H. The number of hydrogen-bond donors (Lipinski definition) is 0. The highest BCUT2D eigenvalue weighted by atomic mass is 35.5. The number of benzene rings is 1. The van der Waals surface area contributed by atoms with Gasteiger partial charge in [0.15, 0.2) is 0 Å². The third kappa shape index (κ3) is 1.79. The van der Waals surface area contributed by atoms with Crippen LogP contribution in [0.2, 0.25) is 5.02 Å². The van der Waals surface area contributed by atoms with Crippen LogP contribution < -0.4 is 0 Å². The molecule has 15 heavy (non-hydrogen) atoms. The first kappa shape index (κ1) is 9.60. The topological polar surface area (TPSA) is 73.8 Å². The fourth-order valence-corrected chi connectivity index (χ4v) is 1.33. The van der Waals surface area contributed by atoms with Gasteiger partial charge in [0.2, 0.25) is 0 Å². The summed E-state index contributed by atoms with van der Waals surface area (Å²) in [6, 6.07) is 4.26. The smallest absolute Gasteiger partial charge is 0.258 e. The molecule has 76 valence electrons. The Kier molecular flexibility index (Phi) is 2.34. The van der Waals surface area contributed by atoms with E-state index in [0.717, 1.165) is 0 Å². The molecule has 0 aliphatic carbocycles. The lowest BCUT2D eigenvalue weighted by molar-refractivity contribution is -0.384. The molecule has 0 aliphatic heterocycles. The predicted molar refractivity (Wildman–Crippen MR) is 53.0 cm³/mol. The van der Waals surface area contributed by atoms with E-state index in [4.69, 9.17) is 11.6 Å². The molecule has 0 unspecified atom stereocenters. The number of nitro benzene ring substituents is 1. The number of hydrogen-bond acceptors (Lipinski definition) is 4. The molecule has 2 rings (SSSR count). The molecule has 6 nitrogen and oxygen atoms in total. The van der Waals surface area contributed by atoms with Crippen molar-refractivity contribution in [3.63, 3.8) is 0 Å². The molecule has 2 aromatic rings. The summed E-state index contributed by atoms with van der Waals surface area (Å²) in [5.74, 6) is 0. The minimum atomic E-state index is -0.493. The average Bonchev–Trinajstić information content (AvgIpc) is 2.69. The molecule has 0 radical (unpaired) electrons. The van der Waals surface area contributed by atoms with Crippen LogP contribution in [0.5, 0.6) is 0 Å². The molecule has 0 aliphatic rings. The summed E-state index contributed by atoms with van der Waals surface area (Å²) in [5, 5.41) is 15.0. The van der Waals surface area contributed by atoms with Crippen molar-refractivity contribution in [3.05, 3.63) is 46.0 Å². The average molecular weight is 225 g/mol. The summed E-state index contributed by atoms with van der Waals surface area (Å²) in [6.07, 6.45) is 2.67. The summed E-state index contributed by atoms with van der Waals surface area (Å²) < 4.78 is 1.30. The van der Waals surface area contributed by atoms with Gasteiger partial charge in [-0.1, -0.05) is 11.6 Å². The normalized spacial score (nSPS) is 10.2. The third-order valence-corrected chi connectivity index (χ3v) is 2.03. The Morgan fingerprint density at radius 1 is 1.47 bits per heavy atom. The molecule has 0 fully saturated rings. The van der Waals surface area contributed by atoms with Crippen molar-refractivity contribution in [2.45, 2.75) is 0 Å². The van der Waals surface area contributed by atoms with Gasteiger partial charge in [0.05, 0.1) is 4.92 Å². The highest BCUT2D eigenvalue weighted by Crippen LogP contribution is 2.25. The molecule has 1 heterocycles. The van der Waals surface area contributed by atoms with E-state index in [1.807, 2.05) is 0 Å². The first-order valence-electron chi connectivity index (χ1n) is 3.97. The van der Waals surface area contributed by atoms with Crippen LogP contribution in [0.15, 0.2) is 30.9 Å². The number of nitrogens with zero attached hydrogens (tertiary/aromatic N) is 4. The van der Waals surface area contributed by atoms with E-state index in [0.29, 0.717) is 10.7 Å². The summed E-state index contributed by atoms with van der Waals surface area (Å²) >= 11 is 5.75. The van der Waals surface area contributed by atoms with Gasteiger partial charge < -0.3 is 0 Å². The molecule has 0 saturated carbocycles. The molecule has 7 heteroatoms. The number of aromatic nitrogens is 3. The lowest BCUT2D eigenvalue weighted by Gasteiger charge is -2.01. The Labute approximate surface area is 89.3 Å². The second-order valence-corrected chi connectivity index (χ2v) is 3.17. The SMILES string of the molecule is O=[N+]([O-])c1ccc(Cl)cc1-n1cncn1. The van der Waals surface area contributed by atoms with Gasteiger partial charge in [-0.3, -0.25) is 10.1 Å². The maximum Gasteiger partial charge on any atom is 0.295 e. The monoisotopic (exact) mass is 224 g/mol. The van der Waals surface area contributed by atoms with Crippen LogP contribution in [0.4, 0.5) is 5.69 Å². The van der Waals surface area contributed by atoms with E-state index in [9.17, 15) is 10.1 Å². The lowest BCUT2D eigenvalue weighted by Crippen LogP contribution is -2.00. The van der Waals surface area contributed by atoms with Crippen molar-refractivity contribution < 1.29 is 4.92 Å². The number of halogens is 1. The van der Waals surface area contributed by atoms with Crippen molar-refractivity contribution in [1.82, 2.24) is 14.8 Å². The molecule has 1 aromatic heterocycles. The van der Waals surface area contributed by atoms with Gasteiger partial charge in [0, 0.05) is 11.1 Å². The van der Waals surface area contributed by atoms with Crippen molar-refractivity contribution in [1.29, 1.82) is 0 Å². The molecule has 1 aromatic carbocycles. The van der Waals surface area contributed by atoms with Gasteiger partial charge in [-0.15, -0.1) is 0 Å². The maximum atomic E-state index is 10.7. The molecular formula is C8H5ClN4O2. The zero-order chi connectivity index (χ0) is 10.8. The highest BCUT2D eigenvalue weighted by molar-refractivity contribution is 6.30. The lowest BCUT2D eigenvalue weighted by atomic mass is 10.3. The second-order valence-electron chi connectivity index (χ2n) is 2.73. The van der Waals surface area contributed by atoms with Gasteiger partial charge in [-0.05, 0) is 12.1 Å². The minimum Gasteiger partial charge on any atom is -0.258 e. The van der Waals surface area contributed by atoms with Crippen LogP contribution in [-0.4, -0.2) is 19.7 Å². The van der Waals surface area contributed by atoms with E-state index in [-0.39, 0.29) is 5.69 Å². The van der Waals surface area contributed by atoms with Crippen molar-refractivity contribution in [3.8, 4) is 5.69 Å². The molecular weight excluding hydrogens is 220 g/mol. The summed E-state index contributed by atoms with van der Waals surface area (Å²) in [5.41, 5.74) is 0.231. The second kappa shape index (κ2) is 3.66. The zero-order valence-corrected chi connectivity index (χ0v) is 8.13. The largest absolute Gasteiger partial charge is 0.295 e. The Morgan fingerprint density at radius 2 is 2.27 bits per heavy atom. The third-order valence-electron chi connectivity index (χ3n) is 1.80. The first-order valence-corrected chi connectivity index (χ1v) is 4.35.